The number of amides is 1. The molecule has 0 fully saturated rings. The molecule has 0 unspecified atom stereocenters. The molecular weight excluding hydrogens is 340 g/mol. The first-order valence-electron chi connectivity index (χ1n) is 8.61. The van der Waals surface area contributed by atoms with Gasteiger partial charge in [-0.15, -0.1) is 0 Å². The van der Waals surface area contributed by atoms with Crippen molar-refractivity contribution in [2.45, 2.75) is 6.04 Å². The van der Waals surface area contributed by atoms with Crippen molar-refractivity contribution in [2.75, 3.05) is 4.90 Å². The van der Waals surface area contributed by atoms with Crippen LogP contribution in [-0.2, 0) is 0 Å². The Kier molecular flexibility index (Phi) is 3.40. The van der Waals surface area contributed by atoms with Crippen LogP contribution in [0.1, 0.15) is 27.7 Å². The summed E-state index contributed by atoms with van der Waals surface area (Å²) in [6.45, 7) is 0. The number of hydrogen-bond donors (Lipinski definition) is 0. The summed E-state index contributed by atoms with van der Waals surface area (Å²) in [6.07, 6.45) is 1.62. The van der Waals surface area contributed by atoms with Crippen LogP contribution in [0.5, 0.6) is 0 Å². The number of anilines is 1. The van der Waals surface area contributed by atoms with Crippen molar-refractivity contribution < 1.29 is 9.21 Å². The highest BCUT2D eigenvalue weighted by atomic mass is 16.3. The maximum absolute atomic E-state index is 13.3. The normalized spacial score (nSPS) is 15.9. The molecule has 0 spiro atoms. The molecule has 0 aliphatic carbocycles. The molecular formula is C22H14N2O3. The zero-order valence-electron chi connectivity index (χ0n) is 14.2. The van der Waals surface area contributed by atoms with Crippen LogP contribution in [-0.4, -0.2) is 10.9 Å². The van der Waals surface area contributed by atoms with Crippen LogP contribution in [0.3, 0.4) is 0 Å². The van der Waals surface area contributed by atoms with Gasteiger partial charge < -0.3 is 4.42 Å². The van der Waals surface area contributed by atoms with Crippen LogP contribution < -0.4 is 10.3 Å². The van der Waals surface area contributed by atoms with Crippen molar-refractivity contribution in [1.29, 1.82) is 0 Å². The van der Waals surface area contributed by atoms with Gasteiger partial charge in [-0.2, -0.15) is 0 Å². The summed E-state index contributed by atoms with van der Waals surface area (Å²) in [7, 11) is 0. The fourth-order valence-corrected chi connectivity index (χ4v) is 3.60. The van der Waals surface area contributed by atoms with Gasteiger partial charge in [0.2, 0.25) is 5.76 Å². The molecule has 5 rings (SSSR count). The fraction of sp³-hybridized carbons (Fsp3) is 0.0455. The number of para-hydroxylation sites is 1. The quantitative estimate of drug-likeness (QED) is 0.547. The van der Waals surface area contributed by atoms with Gasteiger partial charge in [-0.1, -0.05) is 48.5 Å². The molecule has 0 N–H and O–H groups in total. The smallest absolute Gasteiger partial charge is 0.296 e. The van der Waals surface area contributed by atoms with E-state index >= 15 is 0 Å². The third-order valence-corrected chi connectivity index (χ3v) is 4.79. The van der Waals surface area contributed by atoms with E-state index in [1.54, 1.807) is 42.6 Å². The molecule has 5 heteroatoms. The Bertz CT molecular complexity index is 1220. The first-order chi connectivity index (χ1) is 13.3. The summed E-state index contributed by atoms with van der Waals surface area (Å²) in [5, 5.41) is 0.466. The lowest BCUT2D eigenvalue weighted by Crippen LogP contribution is -2.30. The Morgan fingerprint density at radius 1 is 0.852 bits per heavy atom. The third kappa shape index (κ3) is 2.29. The average Bonchev–Trinajstić information content (AvgIpc) is 3.02. The zero-order chi connectivity index (χ0) is 18.4. The van der Waals surface area contributed by atoms with Crippen molar-refractivity contribution in [1.82, 2.24) is 4.98 Å². The van der Waals surface area contributed by atoms with Crippen molar-refractivity contribution in [3.63, 3.8) is 0 Å². The lowest BCUT2D eigenvalue weighted by molar-refractivity contribution is 0.0970. The standard InChI is InChI=1S/C22H14N2O3/c25-20-15-10-4-5-11-16(15)27-21-18(20)19(14-8-2-1-3-9-14)24(22(21)26)17-12-6-7-13-23-17/h1-13,19H/t19-/m0/s1. The van der Waals surface area contributed by atoms with Crippen molar-refractivity contribution in [2.24, 2.45) is 0 Å². The highest BCUT2D eigenvalue weighted by Gasteiger charge is 2.44. The van der Waals surface area contributed by atoms with Gasteiger partial charge in [0.15, 0.2) is 5.43 Å². The molecule has 1 aliphatic rings. The maximum Gasteiger partial charge on any atom is 0.296 e. The number of nitrogens with zero attached hydrogens (tertiary/aromatic N) is 2. The maximum atomic E-state index is 13.3. The molecule has 0 saturated carbocycles. The molecule has 130 valence electrons. The van der Waals surface area contributed by atoms with Gasteiger partial charge in [0, 0.05) is 6.20 Å². The number of aromatic nitrogens is 1. The predicted molar refractivity (Wildman–Crippen MR) is 102 cm³/mol. The lowest BCUT2D eigenvalue weighted by Gasteiger charge is -2.24. The molecule has 3 heterocycles. The van der Waals surface area contributed by atoms with E-state index in [0.717, 1.165) is 5.56 Å². The Morgan fingerprint density at radius 3 is 2.37 bits per heavy atom. The fourth-order valence-electron chi connectivity index (χ4n) is 3.60. The molecule has 2 aromatic heterocycles. The van der Waals surface area contributed by atoms with E-state index in [2.05, 4.69) is 4.98 Å². The number of carbonyl (C=O) groups is 1. The zero-order valence-corrected chi connectivity index (χ0v) is 14.2. The second-order valence-electron chi connectivity index (χ2n) is 6.35. The molecule has 0 bridgehead atoms. The number of carbonyl (C=O) groups excluding carboxylic acids is 1. The Morgan fingerprint density at radius 2 is 1.59 bits per heavy atom. The van der Waals surface area contributed by atoms with Crippen LogP contribution in [0, 0.1) is 0 Å². The molecule has 5 nitrogen and oxygen atoms in total. The van der Waals surface area contributed by atoms with Gasteiger partial charge in [-0.05, 0) is 29.8 Å². The molecule has 0 saturated heterocycles. The van der Waals surface area contributed by atoms with E-state index in [1.165, 1.54) is 4.90 Å². The first-order valence-corrected chi connectivity index (χ1v) is 8.61. The predicted octanol–water partition coefficient (Wildman–Crippen LogP) is 3.94. The van der Waals surface area contributed by atoms with E-state index in [-0.39, 0.29) is 17.1 Å². The number of benzene rings is 2. The van der Waals surface area contributed by atoms with Gasteiger partial charge in [-0.3, -0.25) is 14.5 Å². The van der Waals surface area contributed by atoms with Crippen molar-refractivity contribution in [3.05, 3.63) is 106 Å². The number of fused-ring (bicyclic) bond motifs is 2. The third-order valence-electron chi connectivity index (χ3n) is 4.79. The van der Waals surface area contributed by atoms with Gasteiger partial charge in [0.1, 0.15) is 11.4 Å². The van der Waals surface area contributed by atoms with E-state index < -0.39 is 6.04 Å². The first kappa shape index (κ1) is 15.5. The minimum absolute atomic E-state index is 0.0817. The second kappa shape index (κ2) is 5.92. The Balaban J connectivity index is 1.84. The highest BCUT2D eigenvalue weighted by Crippen LogP contribution is 2.40. The number of pyridine rings is 1. The molecule has 2 aromatic carbocycles. The highest BCUT2D eigenvalue weighted by molar-refractivity contribution is 6.10. The number of rotatable bonds is 2. The molecule has 27 heavy (non-hydrogen) atoms. The second-order valence-corrected chi connectivity index (χ2v) is 6.35. The SMILES string of the molecule is O=C1c2oc3ccccc3c(=O)c2[C@H](c2ccccc2)N1c1ccccn1. The lowest BCUT2D eigenvalue weighted by atomic mass is 9.98. The summed E-state index contributed by atoms with van der Waals surface area (Å²) in [6, 6.07) is 21.2. The van der Waals surface area contributed by atoms with Gasteiger partial charge in [-0.25, -0.2) is 4.98 Å². The van der Waals surface area contributed by atoms with E-state index in [1.807, 2.05) is 36.4 Å². The monoisotopic (exact) mass is 354 g/mol. The van der Waals surface area contributed by atoms with Crippen molar-refractivity contribution in [3.8, 4) is 0 Å². The van der Waals surface area contributed by atoms with Crippen LogP contribution >= 0.6 is 0 Å². The Labute approximate surface area is 154 Å². The van der Waals surface area contributed by atoms with Gasteiger partial charge in [0.25, 0.3) is 5.91 Å². The summed E-state index contributed by atoms with van der Waals surface area (Å²) in [5.74, 6) is 0.199. The van der Waals surface area contributed by atoms with Crippen LogP contribution in [0.4, 0.5) is 5.82 Å². The van der Waals surface area contributed by atoms with Gasteiger partial charge in [0.05, 0.1) is 17.0 Å². The average molecular weight is 354 g/mol. The topological polar surface area (TPSA) is 63.4 Å². The van der Waals surface area contributed by atoms with E-state index in [4.69, 9.17) is 4.42 Å². The van der Waals surface area contributed by atoms with Gasteiger partial charge >= 0.3 is 0 Å². The minimum Gasteiger partial charge on any atom is -0.450 e. The summed E-state index contributed by atoms with van der Waals surface area (Å²) in [4.78, 5) is 32.4. The van der Waals surface area contributed by atoms with E-state index in [0.29, 0.717) is 22.4 Å². The Hall–Kier alpha value is -3.73. The number of hydrogen-bond acceptors (Lipinski definition) is 4. The molecule has 0 radical (unpaired) electrons. The molecule has 4 aromatic rings. The van der Waals surface area contributed by atoms with Crippen molar-refractivity contribution >= 4 is 22.7 Å². The molecule has 1 amide bonds. The summed E-state index contributed by atoms with van der Waals surface area (Å²) < 4.78 is 5.88. The van der Waals surface area contributed by atoms with Crippen LogP contribution in [0.2, 0.25) is 0 Å². The van der Waals surface area contributed by atoms with E-state index in [9.17, 15) is 9.59 Å². The minimum atomic E-state index is -0.579. The van der Waals surface area contributed by atoms with Crippen LogP contribution in [0.25, 0.3) is 11.0 Å². The molecule has 1 atom stereocenters. The largest absolute Gasteiger partial charge is 0.450 e. The molecule has 1 aliphatic heterocycles. The summed E-state index contributed by atoms with van der Waals surface area (Å²) in [5.41, 5.74) is 1.41. The summed E-state index contributed by atoms with van der Waals surface area (Å²) >= 11 is 0. The van der Waals surface area contributed by atoms with Crippen LogP contribution in [0.15, 0.2) is 88.2 Å².